The fraction of sp³-hybridized carbons (Fsp3) is 1.00. The van der Waals surface area contributed by atoms with Crippen LogP contribution in [0.2, 0.25) is 0 Å². The molecular formula is C27H50O16. The molecule has 16 nitrogen and oxygen atoms in total. The van der Waals surface area contributed by atoms with Crippen LogP contribution < -0.4 is 0 Å². The lowest BCUT2D eigenvalue weighted by atomic mass is 9.96. The molecule has 3 saturated heterocycles. The Bertz CT molecular complexity index is 779. The van der Waals surface area contributed by atoms with Crippen LogP contribution in [0.15, 0.2) is 0 Å². The second kappa shape index (κ2) is 17.9. The van der Waals surface area contributed by atoms with E-state index in [9.17, 15) is 10.2 Å². The maximum atomic E-state index is 11.3. The minimum atomic E-state index is -1.31. The summed E-state index contributed by atoms with van der Waals surface area (Å²) in [6.45, 7) is 0.149. The van der Waals surface area contributed by atoms with Crippen LogP contribution in [0.4, 0.5) is 0 Å². The highest BCUT2D eigenvalue weighted by molar-refractivity contribution is 4.97. The predicted molar refractivity (Wildman–Crippen MR) is 144 cm³/mol. The summed E-state index contributed by atoms with van der Waals surface area (Å²) in [5.74, 6) is 0. The Hall–Kier alpha value is -0.640. The third-order valence-electron chi connectivity index (χ3n) is 8.10. The number of aliphatic hydroxyl groups excluding tert-OH is 2. The van der Waals surface area contributed by atoms with E-state index >= 15 is 0 Å². The van der Waals surface area contributed by atoms with Crippen molar-refractivity contribution < 1.29 is 76.5 Å². The van der Waals surface area contributed by atoms with Gasteiger partial charge >= 0.3 is 0 Å². The van der Waals surface area contributed by atoms with Crippen molar-refractivity contribution in [3.05, 3.63) is 0 Å². The van der Waals surface area contributed by atoms with Crippen LogP contribution >= 0.6 is 0 Å². The molecule has 0 unspecified atom stereocenters. The molecule has 43 heavy (non-hydrogen) atoms. The third kappa shape index (κ3) is 8.21. The highest BCUT2D eigenvalue weighted by Crippen LogP contribution is 2.34. The largest absolute Gasteiger partial charge is 0.385 e. The van der Waals surface area contributed by atoms with Gasteiger partial charge in [-0.2, -0.15) is 0 Å². The highest BCUT2D eigenvalue weighted by atomic mass is 16.8. The molecule has 0 saturated carbocycles. The van der Waals surface area contributed by atoms with Gasteiger partial charge in [-0.3, -0.25) is 0 Å². The topological polar surface area (TPSA) is 170 Å². The normalized spacial score (nSPS) is 44.0. The van der Waals surface area contributed by atoms with Gasteiger partial charge in [0.05, 0.1) is 19.8 Å². The van der Waals surface area contributed by atoms with Gasteiger partial charge in [0.2, 0.25) is 0 Å². The quantitative estimate of drug-likeness (QED) is 0.198. The molecule has 16 heteroatoms. The zero-order valence-electron chi connectivity index (χ0n) is 26.4. The zero-order chi connectivity index (χ0) is 31.7. The van der Waals surface area contributed by atoms with E-state index in [1.807, 2.05) is 0 Å². The number of hydrogen-bond acceptors (Lipinski definition) is 16. The summed E-state index contributed by atoms with van der Waals surface area (Å²) in [4.78, 5) is 0. The molecule has 3 heterocycles. The molecule has 0 aromatic heterocycles. The van der Waals surface area contributed by atoms with E-state index in [1.54, 1.807) is 21.3 Å². The van der Waals surface area contributed by atoms with E-state index < -0.39 is 92.1 Å². The van der Waals surface area contributed by atoms with Gasteiger partial charge in [0, 0.05) is 64.0 Å². The minimum Gasteiger partial charge on any atom is -0.385 e. The van der Waals surface area contributed by atoms with Crippen molar-refractivity contribution in [1.82, 2.24) is 0 Å². The first kappa shape index (κ1) is 36.8. The lowest BCUT2D eigenvalue weighted by molar-refractivity contribution is -0.370. The second-order valence-electron chi connectivity index (χ2n) is 10.4. The Labute approximate surface area is 252 Å². The smallest absolute Gasteiger partial charge is 0.187 e. The predicted octanol–water partition coefficient (Wildman–Crippen LogP) is -1.69. The summed E-state index contributed by atoms with van der Waals surface area (Å²) in [6.07, 6.45) is -12.5. The van der Waals surface area contributed by atoms with Crippen molar-refractivity contribution >= 4 is 0 Å². The van der Waals surface area contributed by atoms with Crippen molar-refractivity contribution in [2.24, 2.45) is 0 Å². The molecule has 0 amide bonds. The Kier molecular flexibility index (Phi) is 15.3. The molecule has 0 aromatic carbocycles. The summed E-state index contributed by atoms with van der Waals surface area (Å²) in [7, 11) is 13.5. The van der Waals surface area contributed by atoms with Crippen LogP contribution in [0, 0.1) is 0 Å². The monoisotopic (exact) mass is 630 g/mol. The lowest BCUT2D eigenvalue weighted by Gasteiger charge is -2.49. The zero-order valence-corrected chi connectivity index (χ0v) is 26.4. The maximum Gasteiger partial charge on any atom is 0.187 e. The van der Waals surface area contributed by atoms with Crippen LogP contribution in [0.3, 0.4) is 0 Å². The first-order valence-electron chi connectivity index (χ1n) is 14.1. The second-order valence-corrected chi connectivity index (χ2v) is 10.4. The Morgan fingerprint density at radius 3 is 1.37 bits per heavy atom. The van der Waals surface area contributed by atoms with Crippen molar-refractivity contribution in [3.8, 4) is 0 Å². The van der Waals surface area contributed by atoms with Crippen molar-refractivity contribution in [1.29, 1.82) is 0 Å². The molecule has 0 aliphatic carbocycles. The van der Waals surface area contributed by atoms with Crippen LogP contribution in [-0.2, 0) is 66.3 Å². The standard InChI is InChI=1S/C27H50O16/c1-30-10-13-17(32-3)22(36-7)24(38-9)27(42-13)43-19-14(11-31-2)41-26(16(28)20(19)34-5)39-12-15-18(33-4)21(35-6)23(37-8)25(29)40-15/h13-29H,10-12H2,1-9H3/t13-,14-,15-,16-,17-,18-,19-,20-,21+,22+,23-,24-,25-,26-,27-/m1/s1. The Morgan fingerprint density at radius 2 is 0.884 bits per heavy atom. The SMILES string of the molecule is COC[C@H]1O[C@H](O[C@H]2[C@H](OC)[C@@H](O)[C@H](OC[C@H]3O[C@@H](O)[C@H](OC)[C@@H](OC)[C@@H]3OC)O[C@@H]2COC)[C@H](OC)[C@@H](OC)[C@@H]1OC. The molecule has 15 atom stereocenters. The molecular weight excluding hydrogens is 580 g/mol. The molecule has 3 aliphatic heterocycles. The van der Waals surface area contributed by atoms with Gasteiger partial charge in [-0.05, 0) is 0 Å². The van der Waals surface area contributed by atoms with Gasteiger partial charge in [-0.15, -0.1) is 0 Å². The van der Waals surface area contributed by atoms with E-state index in [4.69, 9.17) is 66.3 Å². The first-order valence-corrected chi connectivity index (χ1v) is 14.1. The number of aliphatic hydroxyl groups is 2. The molecule has 0 aromatic rings. The number of methoxy groups -OCH3 is 9. The van der Waals surface area contributed by atoms with Gasteiger partial charge in [0.15, 0.2) is 18.9 Å². The average Bonchev–Trinajstić information content (AvgIpc) is 3.01. The molecule has 2 N–H and O–H groups in total. The molecule has 254 valence electrons. The van der Waals surface area contributed by atoms with Gasteiger partial charge in [-0.25, -0.2) is 0 Å². The molecule has 0 bridgehead atoms. The average molecular weight is 631 g/mol. The molecule has 3 aliphatic rings. The van der Waals surface area contributed by atoms with Gasteiger partial charge in [0.25, 0.3) is 0 Å². The molecule has 3 rings (SSSR count). The van der Waals surface area contributed by atoms with Crippen LogP contribution in [-0.4, -0.2) is 186 Å². The van der Waals surface area contributed by atoms with Gasteiger partial charge in [0.1, 0.15) is 73.2 Å². The summed E-state index contributed by atoms with van der Waals surface area (Å²) in [6, 6.07) is 0. The van der Waals surface area contributed by atoms with E-state index in [1.165, 1.54) is 42.7 Å². The summed E-state index contributed by atoms with van der Waals surface area (Å²) >= 11 is 0. The Balaban J connectivity index is 1.78. The first-order chi connectivity index (χ1) is 20.8. The van der Waals surface area contributed by atoms with Crippen molar-refractivity contribution in [3.63, 3.8) is 0 Å². The number of hydrogen-bond donors (Lipinski definition) is 2. The van der Waals surface area contributed by atoms with E-state index in [0.717, 1.165) is 0 Å². The highest BCUT2D eigenvalue weighted by Gasteiger charge is 2.54. The number of ether oxygens (including phenoxy) is 14. The van der Waals surface area contributed by atoms with E-state index in [-0.39, 0.29) is 19.8 Å². The molecule has 0 radical (unpaired) electrons. The van der Waals surface area contributed by atoms with Crippen LogP contribution in [0.5, 0.6) is 0 Å². The molecule has 0 spiro atoms. The third-order valence-corrected chi connectivity index (χ3v) is 8.10. The summed E-state index contributed by atoms with van der Waals surface area (Å²) < 4.78 is 80.5. The maximum absolute atomic E-state index is 11.3. The lowest BCUT2D eigenvalue weighted by Crippen LogP contribution is -2.66. The van der Waals surface area contributed by atoms with Crippen LogP contribution in [0.1, 0.15) is 0 Å². The number of rotatable bonds is 16. The fourth-order valence-corrected chi connectivity index (χ4v) is 6.03. The van der Waals surface area contributed by atoms with E-state index in [0.29, 0.717) is 0 Å². The summed E-state index contributed by atoms with van der Waals surface area (Å²) in [5, 5.41) is 21.8. The molecule has 3 fully saturated rings. The van der Waals surface area contributed by atoms with E-state index in [2.05, 4.69) is 0 Å². The van der Waals surface area contributed by atoms with Gasteiger partial charge < -0.3 is 76.5 Å². The Morgan fingerprint density at radius 1 is 0.442 bits per heavy atom. The summed E-state index contributed by atoms with van der Waals surface area (Å²) in [5.41, 5.74) is 0. The van der Waals surface area contributed by atoms with Crippen molar-refractivity contribution in [2.45, 2.75) is 92.1 Å². The van der Waals surface area contributed by atoms with Crippen molar-refractivity contribution in [2.75, 3.05) is 83.8 Å². The fourth-order valence-electron chi connectivity index (χ4n) is 6.03. The van der Waals surface area contributed by atoms with Gasteiger partial charge in [-0.1, -0.05) is 0 Å². The van der Waals surface area contributed by atoms with Crippen LogP contribution in [0.25, 0.3) is 0 Å². The minimum absolute atomic E-state index is 0.0674.